The van der Waals surface area contributed by atoms with Crippen LogP contribution in [0.5, 0.6) is 0 Å². The summed E-state index contributed by atoms with van der Waals surface area (Å²) in [5.41, 5.74) is 0.391. The average molecular weight is 358 g/mol. The van der Waals surface area contributed by atoms with Gasteiger partial charge in [0.15, 0.2) is 5.01 Å². The van der Waals surface area contributed by atoms with E-state index in [1.807, 2.05) is 22.4 Å². The number of carbonyl (C=O) groups excluding carboxylic acids is 1. The molecule has 0 radical (unpaired) electrons. The lowest BCUT2D eigenvalue weighted by atomic mass is 10.3. The Labute approximate surface area is 146 Å². The quantitative estimate of drug-likeness (QED) is 0.713. The molecule has 1 amide bonds. The number of carbonyl (C=O) groups is 1. The van der Waals surface area contributed by atoms with Gasteiger partial charge in [-0.25, -0.2) is 4.98 Å². The van der Waals surface area contributed by atoms with Crippen LogP contribution in [-0.2, 0) is 0 Å². The number of aromatic nitrogens is 4. The van der Waals surface area contributed by atoms with Crippen LogP contribution in [0.3, 0.4) is 0 Å². The number of hydrogen-bond donors (Lipinski definition) is 0. The molecule has 1 aliphatic rings. The van der Waals surface area contributed by atoms with E-state index in [-0.39, 0.29) is 5.91 Å². The van der Waals surface area contributed by atoms with Crippen molar-refractivity contribution in [1.29, 1.82) is 0 Å². The van der Waals surface area contributed by atoms with Crippen LogP contribution in [0.25, 0.3) is 9.88 Å². The number of thiophene rings is 1. The number of piperazine rings is 1. The lowest BCUT2D eigenvalue weighted by Crippen LogP contribution is -2.49. The maximum Gasteiger partial charge on any atom is 0.274 e. The molecular weight excluding hydrogens is 344 g/mol. The molecule has 0 saturated carbocycles. The Balaban J connectivity index is 1.40. The molecule has 9 heteroatoms. The molecule has 4 rings (SSSR count). The number of rotatable bonds is 3. The van der Waals surface area contributed by atoms with Crippen molar-refractivity contribution in [1.82, 2.24) is 25.1 Å². The molecule has 3 aromatic heterocycles. The molecule has 0 atom stereocenters. The lowest BCUT2D eigenvalue weighted by Gasteiger charge is -2.34. The van der Waals surface area contributed by atoms with Crippen LogP contribution in [0.2, 0.25) is 0 Å². The first-order valence-corrected chi connectivity index (χ1v) is 9.18. The molecule has 1 fully saturated rings. The largest absolute Gasteiger partial charge is 0.343 e. The van der Waals surface area contributed by atoms with Crippen molar-refractivity contribution in [2.75, 3.05) is 31.1 Å². The Morgan fingerprint density at radius 2 is 2.00 bits per heavy atom. The van der Waals surface area contributed by atoms with Crippen molar-refractivity contribution >= 4 is 33.7 Å². The zero-order chi connectivity index (χ0) is 16.4. The molecule has 7 nitrogen and oxygen atoms in total. The molecular formula is C15H14N6OS2. The van der Waals surface area contributed by atoms with E-state index in [1.165, 1.54) is 12.4 Å². The average Bonchev–Trinajstić information content (AvgIpc) is 3.33. The van der Waals surface area contributed by atoms with Crippen molar-refractivity contribution in [3.63, 3.8) is 0 Å². The first-order valence-electron chi connectivity index (χ1n) is 7.49. The predicted octanol–water partition coefficient (Wildman–Crippen LogP) is 2.02. The van der Waals surface area contributed by atoms with Gasteiger partial charge in [-0.15, -0.1) is 21.5 Å². The van der Waals surface area contributed by atoms with Crippen molar-refractivity contribution in [3.05, 3.63) is 41.8 Å². The molecule has 1 saturated heterocycles. The number of hydrogen-bond acceptors (Lipinski definition) is 8. The van der Waals surface area contributed by atoms with Crippen LogP contribution in [0, 0.1) is 0 Å². The third kappa shape index (κ3) is 3.00. The summed E-state index contributed by atoms with van der Waals surface area (Å²) >= 11 is 3.25. The van der Waals surface area contributed by atoms with Crippen molar-refractivity contribution < 1.29 is 4.79 Å². The van der Waals surface area contributed by atoms with E-state index in [0.29, 0.717) is 18.8 Å². The summed E-state index contributed by atoms with van der Waals surface area (Å²) in [6, 6.07) is 4.06. The molecule has 4 heterocycles. The Bertz CT molecular complexity index is 812. The van der Waals surface area contributed by atoms with E-state index in [0.717, 1.165) is 28.1 Å². The third-order valence-corrected chi connectivity index (χ3v) is 5.79. The maximum atomic E-state index is 12.4. The second kappa shape index (κ2) is 6.62. The van der Waals surface area contributed by atoms with Gasteiger partial charge < -0.3 is 9.80 Å². The van der Waals surface area contributed by atoms with Gasteiger partial charge in [-0.2, -0.15) is 0 Å². The molecule has 0 N–H and O–H groups in total. The number of nitrogens with zero attached hydrogens (tertiary/aromatic N) is 6. The van der Waals surface area contributed by atoms with Crippen molar-refractivity contribution in [2.24, 2.45) is 0 Å². The SMILES string of the molecule is O=C(c1cnccn1)N1CCN(c2nnc(-c3cccs3)s2)CC1. The highest BCUT2D eigenvalue weighted by atomic mass is 32.1. The number of anilines is 1. The molecule has 0 aliphatic carbocycles. The Hall–Kier alpha value is -2.39. The van der Waals surface area contributed by atoms with Gasteiger partial charge in [0, 0.05) is 38.6 Å². The van der Waals surface area contributed by atoms with E-state index >= 15 is 0 Å². The Morgan fingerprint density at radius 3 is 2.71 bits per heavy atom. The summed E-state index contributed by atoms with van der Waals surface area (Å²) in [6.07, 6.45) is 4.61. The first kappa shape index (κ1) is 15.2. The zero-order valence-electron chi connectivity index (χ0n) is 12.7. The van der Waals surface area contributed by atoms with E-state index in [4.69, 9.17) is 0 Å². The second-order valence-corrected chi connectivity index (χ2v) is 7.14. The highest BCUT2D eigenvalue weighted by molar-refractivity contribution is 7.22. The molecule has 24 heavy (non-hydrogen) atoms. The fourth-order valence-corrected chi connectivity index (χ4v) is 4.20. The molecule has 1 aliphatic heterocycles. The van der Waals surface area contributed by atoms with E-state index in [9.17, 15) is 4.79 Å². The summed E-state index contributed by atoms with van der Waals surface area (Å²) in [4.78, 5) is 25.5. The van der Waals surface area contributed by atoms with Gasteiger partial charge >= 0.3 is 0 Å². The minimum absolute atomic E-state index is 0.0701. The summed E-state index contributed by atoms with van der Waals surface area (Å²) in [7, 11) is 0. The van der Waals surface area contributed by atoms with Crippen LogP contribution < -0.4 is 4.90 Å². The molecule has 0 aromatic carbocycles. The smallest absolute Gasteiger partial charge is 0.274 e. The fraction of sp³-hybridized carbons (Fsp3) is 0.267. The van der Waals surface area contributed by atoms with Gasteiger partial charge in [0.25, 0.3) is 5.91 Å². The van der Waals surface area contributed by atoms with Gasteiger partial charge in [-0.1, -0.05) is 17.4 Å². The van der Waals surface area contributed by atoms with Crippen LogP contribution in [0.1, 0.15) is 10.5 Å². The molecule has 3 aromatic rings. The highest BCUT2D eigenvalue weighted by Crippen LogP contribution is 2.31. The van der Waals surface area contributed by atoms with Gasteiger partial charge in [-0.05, 0) is 11.4 Å². The number of amides is 1. The molecule has 122 valence electrons. The normalized spacial score (nSPS) is 14.8. The third-order valence-electron chi connectivity index (χ3n) is 3.77. The van der Waals surface area contributed by atoms with E-state index in [2.05, 4.69) is 25.1 Å². The van der Waals surface area contributed by atoms with Crippen LogP contribution in [-0.4, -0.2) is 57.2 Å². The first-order chi connectivity index (χ1) is 11.8. The minimum atomic E-state index is -0.0701. The van der Waals surface area contributed by atoms with Gasteiger partial charge in [0.05, 0.1) is 11.1 Å². The van der Waals surface area contributed by atoms with Gasteiger partial charge in [-0.3, -0.25) is 9.78 Å². The molecule has 0 unspecified atom stereocenters. The summed E-state index contributed by atoms with van der Waals surface area (Å²) < 4.78 is 0. The standard InChI is InChI=1S/C15H14N6OS2/c22-14(11-10-16-3-4-17-11)20-5-7-21(8-6-20)15-19-18-13(24-15)12-2-1-9-23-12/h1-4,9-10H,5-8H2. The van der Waals surface area contributed by atoms with Crippen molar-refractivity contribution in [2.45, 2.75) is 0 Å². The second-order valence-electron chi connectivity index (χ2n) is 5.24. The molecule has 0 bridgehead atoms. The lowest BCUT2D eigenvalue weighted by molar-refractivity contribution is 0.0740. The van der Waals surface area contributed by atoms with Crippen LogP contribution in [0.15, 0.2) is 36.1 Å². The topological polar surface area (TPSA) is 75.1 Å². The Kier molecular flexibility index (Phi) is 4.18. The summed E-state index contributed by atoms with van der Waals surface area (Å²) in [5, 5.41) is 12.5. The van der Waals surface area contributed by atoms with Crippen LogP contribution >= 0.6 is 22.7 Å². The maximum absolute atomic E-state index is 12.4. The predicted molar refractivity (Wildman–Crippen MR) is 93.4 cm³/mol. The minimum Gasteiger partial charge on any atom is -0.343 e. The van der Waals surface area contributed by atoms with Crippen molar-refractivity contribution in [3.8, 4) is 9.88 Å². The van der Waals surface area contributed by atoms with Crippen LogP contribution in [0.4, 0.5) is 5.13 Å². The fourth-order valence-electron chi connectivity index (χ4n) is 2.52. The highest BCUT2D eigenvalue weighted by Gasteiger charge is 2.25. The molecule has 0 spiro atoms. The monoisotopic (exact) mass is 358 g/mol. The van der Waals surface area contributed by atoms with E-state index in [1.54, 1.807) is 28.9 Å². The van der Waals surface area contributed by atoms with Gasteiger partial charge in [0.2, 0.25) is 5.13 Å². The summed E-state index contributed by atoms with van der Waals surface area (Å²) in [6.45, 7) is 2.77. The zero-order valence-corrected chi connectivity index (χ0v) is 14.3. The Morgan fingerprint density at radius 1 is 1.12 bits per heavy atom. The van der Waals surface area contributed by atoms with E-state index < -0.39 is 0 Å². The summed E-state index contributed by atoms with van der Waals surface area (Å²) in [5.74, 6) is -0.0701. The van der Waals surface area contributed by atoms with Gasteiger partial charge in [0.1, 0.15) is 5.69 Å².